The zero-order valence-corrected chi connectivity index (χ0v) is 12.0. The molecule has 0 aromatic carbocycles. The molecule has 2 rings (SSSR count). The lowest BCUT2D eigenvalue weighted by Crippen LogP contribution is -2.65. The van der Waals surface area contributed by atoms with Crippen molar-refractivity contribution in [1.29, 1.82) is 0 Å². The molecular weight excluding hydrogens is 224 g/mol. The lowest BCUT2D eigenvalue weighted by molar-refractivity contribution is -0.141. The number of nitrogens with zero attached hydrogens (tertiary/aromatic N) is 1. The van der Waals surface area contributed by atoms with Gasteiger partial charge in [0.2, 0.25) is 5.91 Å². The number of piperazine rings is 1. The van der Waals surface area contributed by atoms with Crippen LogP contribution in [0, 0.1) is 0 Å². The minimum Gasteiger partial charge on any atom is -0.337 e. The molecule has 3 atom stereocenters. The highest BCUT2D eigenvalue weighted by Gasteiger charge is 2.39. The van der Waals surface area contributed by atoms with Crippen LogP contribution >= 0.6 is 0 Å². The number of unbranched alkanes of at least 4 members (excludes halogenated alkanes) is 3. The van der Waals surface area contributed by atoms with Crippen molar-refractivity contribution in [3.63, 3.8) is 0 Å². The predicted octanol–water partition coefficient (Wildman–Crippen LogP) is 2.70. The molecule has 1 heterocycles. The molecule has 3 heteroatoms. The second-order valence-corrected chi connectivity index (χ2v) is 5.94. The minimum absolute atomic E-state index is 0.0236. The van der Waals surface area contributed by atoms with Crippen LogP contribution < -0.4 is 5.32 Å². The van der Waals surface area contributed by atoms with Crippen molar-refractivity contribution in [2.75, 3.05) is 6.54 Å². The highest BCUT2D eigenvalue weighted by Crippen LogP contribution is 2.27. The number of carbonyl (C=O) groups excluding carboxylic acids is 1. The molecule has 18 heavy (non-hydrogen) atoms. The largest absolute Gasteiger partial charge is 0.337 e. The summed E-state index contributed by atoms with van der Waals surface area (Å²) in [5.74, 6) is 0.328. The molecule has 0 aromatic heterocycles. The van der Waals surface area contributed by atoms with E-state index in [4.69, 9.17) is 0 Å². The quantitative estimate of drug-likeness (QED) is 0.763. The Morgan fingerprint density at radius 3 is 2.78 bits per heavy atom. The molecule has 0 bridgehead atoms. The topological polar surface area (TPSA) is 32.3 Å². The third-order valence-electron chi connectivity index (χ3n) is 4.50. The Hall–Kier alpha value is -0.570. The summed E-state index contributed by atoms with van der Waals surface area (Å²) in [6.07, 6.45) is 10.0. The van der Waals surface area contributed by atoms with E-state index in [0.717, 1.165) is 6.54 Å². The van der Waals surface area contributed by atoms with Gasteiger partial charge >= 0.3 is 0 Å². The van der Waals surface area contributed by atoms with Gasteiger partial charge in [0.05, 0.1) is 6.04 Å². The fourth-order valence-electron chi connectivity index (χ4n) is 3.47. The number of hydrogen-bond acceptors (Lipinski definition) is 2. The van der Waals surface area contributed by atoms with Crippen LogP contribution in [0.15, 0.2) is 0 Å². The summed E-state index contributed by atoms with van der Waals surface area (Å²) in [6.45, 7) is 5.23. The molecule has 3 nitrogen and oxygen atoms in total. The first-order valence-electron chi connectivity index (χ1n) is 7.80. The summed E-state index contributed by atoms with van der Waals surface area (Å²) >= 11 is 0. The van der Waals surface area contributed by atoms with Gasteiger partial charge in [0.1, 0.15) is 0 Å². The molecule has 2 fully saturated rings. The van der Waals surface area contributed by atoms with E-state index in [1.54, 1.807) is 0 Å². The highest BCUT2D eigenvalue weighted by molar-refractivity contribution is 5.82. The Bertz CT molecular complexity index is 280. The normalized spacial score (nSPS) is 32.4. The lowest BCUT2D eigenvalue weighted by Gasteiger charge is -2.47. The average Bonchev–Trinajstić information content (AvgIpc) is 2.38. The van der Waals surface area contributed by atoms with E-state index in [-0.39, 0.29) is 6.04 Å². The van der Waals surface area contributed by atoms with Crippen molar-refractivity contribution in [2.24, 2.45) is 0 Å². The maximum atomic E-state index is 12.3. The predicted molar refractivity (Wildman–Crippen MR) is 74.5 cm³/mol. The van der Waals surface area contributed by atoms with Gasteiger partial charge in [-0.2, -0.15) is 0 Å². The van der Waals surface area contributed by atoms with Gasteiger partial charge in [-0.05, 0) is 26.2 Å². The Morgan fingerprint density at radius 2 is 2.00 bits per heavy atom. The van der Waals surface area contributed by atoms with E-state index in [1.165, 1.54) is 51.4 Å². The molecule has 0 aromatic rings. The molecular formula is C15H28N2O. The number of hydrogen-bond donors (Lipinski definition) is 1. The molecule has 1 saturated carbocycles. The van der Waals surface area contributed by atoms with Gasteiger partial charge < -0.3 is 10.2 Å². The number of nitrogens with one attached hydrogen (secondary N) is 1. The van der Waals surface area contributed by atoms with Crippen molar-refractivity contribution in [2.45, 2.75) is 83.3 Å². The maximum Gasteiger partial charge on any atom is 0.239 e. The standard InChI is InChI=1S/C15H28N2O/c1-3-4-5-8-11-17-14-10-7-6-9-13(14)16-12(2)15(17)18/h12-14,16H,3-11H2,1-2H3/t12-,13-,14?/m0/s1. The number of fused-ring (bicyclic) bond motifs is 1. The Balaban J connectivity index is 1.92. The minimum atomic E-state index is 0.0236. The zero-order valence-electron chi connectivity index (χ0n) is 12.0. The van der Waals surface area contributed by atoms with E-state index in [1.807, 2.05) is 6.92 Å². The first-order chi connectivity index (χ1) is 8.74. The third kappa shape index (κ3) is 3.05. The summed E-state index contributed by atoms with van der Waals surface area (Å²) in [7, 11) is 0. The highest BCUT2D eigenvalue weighted by atomic mass is 16.2. The molecule has 2 aliphatic rings. The van der Waals surface area contributed by atoms with E-state index in [0.29, 0.717) is 18.0 Å². The van der Waals surface area contributed by atoms with Crippen LogP contribution in [0.1, 0.15) is 65.2 Å². The fourth-order valence-corrected chi connectivity index (χ4v) is 3.47. The second kappa shape index (κ2) is 6.55. The smallest absolute Gasteiger partial charge is 0.239 e. The summed E-state index contributed by atoms with van der Waals surface area (Å²) in [5.41, 5.74) is 0. The lowest BCUT2D eigenvalue weighted by atomic mass is 9.86. The van der Waals surface area contributed by atoms with Crippen LogP contribution in [0.5, 0.6) is 0 Å². The Labute approximate surface area is 111 Å². The number of amides is 1. The van der Waals surface area contributed by atoms with E-state index >= 15 is 0 Å². The van der Waals surface area contributed by atoms with Crippen LogP contribution in [-0.2, 0) is 4.79 Å². The van der Waals surface area contributed by atoms with Gasteiger partial charge in [-0.15, -0.1) is 0 Å². The molecule has 1 amide bonds. The summed E-state index contributed by atoms with van der Waals surface area (Å²) in [5, 5.41) is 3.51. The van der Waals surface area contributed by atoms with Crippen molar-refractivity contribution in [1.82, 2.24) is 10.2 Å². The SMILES string of the molecule is CCCCCCN1C(=O)[C@H](C)N[C@H]2CCCCC21. The van der Waals surface area contributed by atoms with Crippen LogP contribution in [0.2, 0.25) is 0 Å². The molecule has 0 spiro atoms. The monoisotopic (exact) mass is 252 g/mol. The molecule has 1 unspecified atom stereocenters. The summed E-state index contributed by atoms with van der Waals surface area (Å²) in [4.78, 5) is 14.5. The van der Waals surface area contributed by atoms with Crippen LogP contribution in [0.25, 0.3) is 0 Å². The fraction of sp³-hybridized carbons (Fsp3) is 0.933. The van der Waals surface area contributed by atoms with E-state index in [9.17, 15) is 4.79 Å². The van der Waals surface area contributed by atoms with Gasteiger partial charge in [0, 0.05) is 18.6 Å². The van der Waals surface area contributed by atoms with Crippen molar-refractivity contribution in [3.8, 4) is 0 Å². The van der Waals surface area contributed by atoms with Crippen molar-refractivity contribution in [3.05, 3.63) is 0 Å². The van der Waals surface area contributed by atoms with Gasteiger partial charge in [-0.25, -0.2) is 0 Å². The molecule has 104 valence electrons. The Kier molecular flexibility index (Phi) is 5.04. The van der Waals surface area contributed by atoms with E-state index in [2.05, 4.69) is 17.1 Å². The molecule has 1 aliphatic heterocycles. The average molecular weight is 252 g/mol. The van der Waals surface area contributed by atoms with Gasteiger partial charge in [0.25, 0.3) is 0 Å². The molecule has 0 radical (unpaired) electrons. The zero-order chi connectivity index (χ0) is 13.0. The van der Waals surface area contributed by atoms with Crippen molar-refractivity contribution >= 4 is 5.91 Å². The summed E-state index contributed by atoms with van der Waals surface area (Å²) < 4.78 is 0. The Morgan fingerprint density at radius 1 is 1.22 bits per heavy atom. The van der Waals surface area contributed by atoms with Gasteiger partial charge in [-0.1, -0.05) is 39.0 Å². The van der Waals surface area contributed by atoms with Crippen LogP contribution in [-0.4, -0.2) is 35.5 Å². The first kappa shape index (κ1) is 13.9. The number of carbonyl (C=O) groups is 1. The maximum absolute atomic E-state index is 12.3. The first-order valence-corrected chi connectivity index (χ1v) is 7.80. The van der Waals surface area contributed by atoms with Crippen LogP contribution in [0.3, 0.4) is 0 Å². The summed E-state index contributed by atoms with van der Waals surface area (Å²) in [6, 6.07) is 1.05. The van der Waals surface area contributed by atoms with E-state index < -0.39 is 0 Å². The third-order valence-corrected chi connectivity index (χ3v) is 4.50. The molecule has 1 saturated heterocycles. The van der Waals surface area contributed by atoms with Crippen molar-refractivity contribution < 1.29 is 4.79 Å². The number of rotatable bonds is 5. The molecule has 1 N–H and O–H groups in total. The van der Waals surface area contributed by atoms with Gasteiger partial charge in [0.15, 0.2) is 0 Å². The van der Waals surface area contributed by atoms with Crippen LogP contribution in [0.4, 0.5) is 0 Å². The molecule has 1 aliphatic carbocycles. The van der Waals surface area contributed by atoms with Gasteiger partial charge in [-0.3, -0.25) is 4.79 Å². The second-order valence-electron chi connectivity index (χ2n) is 5.94.